The van der Waals surface area contributed by atoms with Crippen molar-refractivity contribution in [3.8, 4) is 0 Å². The quantitative estimate of drug-likeness (QED) is 0.823. The fraction of sp³-hybridized carbons (Fsp3) is 0.938. The predicted octanol–water partition coefficient (Wildman–Crippen LogP) is 1.60. The number of carbonyl (C=O) groups is 1. The number of nitrogens with two attached hydrogens (primary N) is 1. The molecule has 0 aromatic heterocycles. The SMILES string of the molecule is CCC(C)(C)C1CCC(CN)C(N2CCNC(=O)C2)C1. The summed E-state index contributed by atoms with van der Waals surface area (Å²) in [4.78, 5) is 14.0. The summed E-state index contributed by atoms with van der Waals surface area (Å²) < 4.78 is 0. The molecule has 0 spiro atoms. The second-order valence-corrected chi connectivity index (χ2v) is 7.24. The Bertz CT molecular complexity index is 343. The maximum Gasteiger partial charge on any atom is 0.234 e. The Morgan fingerprint density at radius 3 is 2.75 bits per heavy atom. The molecule has 3 unspecified atom stereocenters. The molecule has 1 heterocycles. The Hall–Kier alpha value is -0.610. The van der Waals surface area contributed by atoms with E-state index in [2.05, 4.69) is 31.0 Å². The lowest BCUT2D eigenvalue weighted by molar-refractivity contribution is -0.126. The number of piperazine rings is 1. The monoisotopic (exact) mass is 281 g/mol. The molecule has 4 nitrogen and oxygen atoms in total. The van der Waals surface area contributed by atoms with E-state index in [9.17, 15) is 4.79 Å². The molecule has 1 aliphatic heterocycles. The second-order valence-electron chi connectivity index (χ2n) is 7.24. The summed E-state index contributed by atoms with van der Waals surface area (Å²) in [5, 5.41) is 2.92. The van der Waals surface area contributed by atoms with Crippen LogP contribution in [0.2, 0.25) is 0 Å². The van der Waals surface area contributed by atoms with Crippen LogP contribution >= 0.6 is 0 Å². The molecular weight excluding hydrogens is 250 g/mol. The van der Waals surface area contributed by atoms with Gasteiger partial charge in [-0.25, -0.2) is 0 Å². The number of amides is 1. The smallest absolute Gasteiger partial charge is 0.234 e. The van der Waals surface area contributed by atoms with Crippen LogP contribution in [0.1, 0.15) is 46.5 Å². The van der Waals surface area contributed by atoms with E-state index in [0.29, 0.717) is 23.9 Å². The van der Waals surface area contributed by atoms with Crippen molar-refractivity contribution in [3.05, 3.63) is 0 Å². The van der Waals surface area contributed by atoms with Gasteiger partial charge in [0.15, 0.2) is 0 Å². The summed E-state index contributed by atoms with van der Waals surface area (Å²) in [5.74, 6) is 1.49. The lowest BCUT2D eigenvalue weighted by Crippen LogP contribution is -2.56. The molecule has 4 heteroatoms. The minimum absolute atomic E-state index is 0.170. The maximum absolute atomic E-state index is 11.7. The lowest BCUT2D eigenvalue weighted by Gasteiger charge is -2.47. The zero-order chi connectivity index (χ0) is 14.8. The highest BCUT2D eigenvalue weighted by molar-refractivity contribution is 5.78. The first-order valence-corrected chi connectivity index (χ1v) is 8.18. The number of carbonyl (C=O) groups excluding carboxylic acids is 1. The van der Waals surface area contributed by atoms with Crippen molar-refractivity contribution in [2.24, 2.45) is 23.0 Å². The van der Waals surface area contributed by atoms with Crippen molar-refractivity contribution in [1.82, 2.24) is 10.2 Å². The van der Waals surface area contributed by atoms with Gasteiger partial charge in [0, 0.05) is 19.1 Å². The zero-order valence-electron chi connectivity index (χ0n) is 13.3. The standard InChI is InChI=1S/C16H31N3O/c1-4-16(2,3)13-6-5-12(10-17)14(9-13)19-8-7-18-15(20)11-19/h12-14H,4-11,17H2,1-3H3,(H,18,20). The topological polar surface area (TPSA) is 58.4 Å². The van der Waals surface area contributed by atoms with Gasteiger partial charge in [0.1, 0.15) is 0 Å². The van der Waals surface area contributed by atoms with Crippen molar-refractivity contribution >= 4 is 5.91 Å². The molecule has 0 aromatic rings. The number of hydrogen-bond donors (Lipinski definition) is 2. The van der Waals surface area contributed by atoms with Crippen molar-refractivity contribution in [1.29, 1.82) is 0 Å². The van der Waals surface area contributed by atoms with Crippen LogP contribution in [-0.4, -0.2) is 43.0 Å². The van der Waals surface area contributed by atoms with Gasteiger partial charge in [-0.15, -0.1) is 0 Å². The Kier molecular flexibility index (Phi) is 5.08. The third kappa shape index (κ3) is 3.34. The minimum Gasteiger partial charge on any atom is -0.354 e. The normalized spacial score (nSPS) is 33.0. The van der Waals surface area contributed by atoms with Crippen molar-refractivity contribution in [3.63, 3.8) is 0 Å². The van der Waals surface area contributed by atoms with E-state index in [1.807, 2.05) is 0 Å². The highest BCUT2D eigenvalue weighted by Gasteiger charge is 2.39. The van der Waals surface area contributed by atoms with Crippen LogP contribution in [-0.2, 0) is 4.79 Å². The first-order valence-electron chi connectivity index (χ1n) is 8.18. The Morgan fingerprint density at radius 1 is 1.40 bits per heavy atom. The third-order valence-corrected chi connectivity index (χ3v) is 5.81. The molecule has 1 aliphatic carbocycles. The van der Waals surface area contributed by atoms with Crippen LogP contribution in [0.4, 0.5) is 0 Å². The van der Waals surface area contributed by atoms with Crippen LogP contribution in [0.25, 0.3) is 0 Å². The van der Waals surface area contributed by atoms with Crippen LogP contribution < -0.4 is 11.1 Å². The van der Waals surface area contributed by atoms with E-state index in [1.165, 1.54) is 25.7 Å². The van der Waals surface area contributed by atoms with Gasteiger partial charge < -0.3 is 11.1 Å². The van der Waals surface area contributed by atoms with Crippen molar-refractivity contribution < 1.29 is 4.79 Å². The molecule has 0 bridgehead atoms. The molecule has 3 N–H and O–H groups in total. The molecule has 1 saturated carbocycles. The van der Waals surface area contributed by atoms with E-state index < -0.39 is 0 Å². The number of nitrogens with one attached hydrogen (secondary N) is 1. The van der Waals surface area contributed by atoms with Crippen LogP contribution in [0.15, 0.2) is 0 Å². The van der Waals surface area contributed by atoms with Gasteiger partial charge in [-0.3, -0.25) is 9.69 Å². The van der Waals surface area contributed by atoms with Gasteiger partial charge in [-0.05, 0) is 43.1 Å². The van der Waals surface area contributed by atoms with Gasteiger partial charge in [0.2, 0.25) is 5.91 Å². The first-order chi connectivity index (χ1) is 9.47. The molecule has 116 valence electrons. The fourth-order valence-corrected chi connectivity index (χ4v) is 3.87. The summed E-state index contributed by atoms with van der Waals surface area (Å²) in [6.07, 6.45) is 4.93. The Balaban J connectivity index is 2.08. The summed E-state index contributed by atoms with van der Waals surface area (Å²) in [7, 11) is 0. The number of hydrogen-bond acceptors (Lipinski definition) is 3. The molecule has 0 aromatic carbocycles. The number of nitrogens with zero attached hydrogens (tertiary/aromatic N) is 1. The molecule has 2 rings (SSSR count). The lowest BCUT2D eigenvalue weighted by atomic mass is 9.65. The van der Waals surface area contributed by atoms with Gasteiger partial charge in [0.25, 0.3) is 0 Å². The van der Waals surface area contributed by atoms with E-state index in [4.69, 9.17) is 5.73 Å². The Morgan fingerprint density at radius 2 is 2.15 bits per heavy atom. The third-order valence-electron chi connectivity index (χ3n) is 5.81. The summed E-state index contributed by atoms with van der Waals surface area (Å²) in [5.41, 5.74) is 6.39. The molecule has 1 saturated heterocycles. The average Bonchev–Trinajstić information content (AvgIpc) is 2.46. The molecule has 0 radical (unpaired) electrons. The molecule has 2 fully saturated rings. The molecule has 3 atom stereocenters. The first kappa shape index (κ1) is 15.8. The molecule has 2 aliphatic rings. The van der Waals surface area contributed by atoms with Crippen LogP contribution in [0, 0.1) is 17.3 Å². The molecule has 1 amide bonds. The molecular formula is C16H31N3O. The maximum atomic E-state index is 11.7. The Labute approximate surface area is 123 Å². The fourth-order valence-electron chi connectivity index (χ4n) is 3.87. The average molecular weight is 281 g/mol. The van der Waals surface area contributed by atoms with Gasteiger partial charge >= 0.3 is 0 Å². The number of rotatable bonds is 4. The van der Waals surface area contributed by atoms with E-state index in [1.54, 1.807) is 0 Å². The predicted molar refractivity (Wildman–Crippen MR) is 82.3 cm³/mol. The van der Waals surface area contributed by atoms with Crippen LogP contribution in [0.3, 0.4) is 0 Å². The van der Waals surface area contributed by atoms with E-state index in [-0.39, 0.29) is 5.91 Å². The summed E-state index contributed by atoms with van der Waals surface area (Å²) in [6, 6.07) is 0.496. The van der Waals surface area contributed by atoms with Gasteiger partial charge in [-0.2, -0.15) is 0 Å². The van der Waals surface area contributed by atoms with Gasteiger partial charge in [-0.1, -0.05) is 27.2 Å². The summed E-state index contributed by atoms with van der Waals surface area (Å²) in [6.45, 7) is 10.1. The highest BCUT2D eigenvalue weighted by atomic mass is 16.2. The highest BCUT2D eigenvalue weighted by Crippen LogP contribution is 2.43. The summed E-state index contributed by atoms with van der Waals surface area (Å²) >= 11 is 0. The minimum atomic E-state index is 0.170. The molecule has 20 heavy (non-hydrogen) atoms. The van der Waals surface area contributed by atoms with E-state index >= 15 is 0 Å². The zero-order valence-corrected chi connectivity index (χ0v) is 13.3. The second kappa shape index (κ2) is 6.44. The van der Waals surface area contributed by atoms with Crippen molar-refractivity contribution in [2.45, 2.75) is 52.5 Å². The van der Waals surface area contributed by atoms with Gasteiger partial charge in [0.05, 0.1) is 6.54 Å². The van der Waals surface area contributed by atoms with Crippen molar-refractivity contribution in [2.75, 3.05) is 26.2 Å². The van der Waals surface area contributed by atoms with E-state index in [0.717, 1.165) is 25.6 Å². The van der Waals surface area contributed by atoms with Crippen LogP contribution in [0.5, 0.6) is 0 Å². The largest absolute Gasteiger partial charge is 0.354 e.